The van der Waals surface area contributed by atoms with Crippen LogP contribution in [-0.4, -0.2) is 5.78 Å². The van der Waals surface area contributed by atoms with Crippen LogP contribution in [0.2, 0.25) is 0 Å². The van der Waals surface area contributed by atoms with Crippen LogP contribution in [0.4, 0.5) is 5.69 Å². The van der Waals surface area contributed by atoms with Gasteiger partial charge >= 0.3 is 0 Å². The quantitative estimate of drug-likeness (QED) is 0.510. The average Bonchev–Trinajstić information content (AvgIpc) is 2.36. The van der Waals surface area contributed by atoms with Gasteiger partial charge in [-0.2, -0.15) is 0 Å². The molecule has 0 radical (unpaired) electrons. The summed E-state index contributed by atoms with van der Waals surface area (Å²) in [5.74, 6) is 0.809. The fraction of sp³-hybridized carbons (Fsp3) is 0.133. The lowest BCUT2D eigenvalue weighted by molar-refractivity contribution is 0.101. The molecule has 2 rings (SSSR count). The molecule has 0 saturated heterocycles. The normalized spacial score (nSPS) is 10.2. The van der Waals surface area contributed by atoms with Crippen LogP contribution in [0.1, 0.15) is 22.8 Å². The molecule has 2 aromatic rings. The van der Waals surface area contributed by atoms with Crippen molar-refractivity contribution >= 4 is 34.1 Å². The minimum absolute atomic E-state index is 0.0618. The second-order valence-corrected chi connectivity index (χ2v) is 5.39. The summed E-state index contributed by atoms with van der Waals surface area (Å²) >= 11 is 2.14. The lowest BCUT2D eigenvalue weighted by Gasteiger charge is -2.08. The van der Waals surface area contributed by atoms with E-state index in [-0.39, 0.29) is 5.78 Å². The lowest BCUT2D eigenvalue weighted by Crippen LogP contribution is -1.99. The second-order valence-electron chi connectivity index (χ2n) is 4.23. The Labute approximate surface area is 125 Å². The second kappa shape index (κ2) is 6.06. The van der Waals surface area contributed by atoms with Gasteiger partial charge in [0.25, 0.3) is 0 Å². The molecule has 0 bridgehead atoms. The summed E-state index contributed by atoms with van der Waals surface area (Å²) in [6.45, 7) is 2.02. The van der Waals surface area contributed by atoms with Crippen molar-refractivity contribution in [2.45, 2.75) is 13.5 Å². The highest BCUT2D eigenvalue weighted by atomic mass is 127. The molecule has 0 heterocycles. The van der Waals surface area contributed by atoms with Crippen LogP contribution < -0.4 is 10.5 Å². The summed E-state index contributed by atoms with van der Waals surface area (Å²) < 4.78 is 6.59. The number of halogens is 1. The van der Waals surface area contributed by atoms with Crippen molar-refractivity contribution in [3.8, 4) is 5.75 Å². The molecule has 19 heavy (non-hydrogen) atoms. The largest absolute Gasteiger partial charge is 0.489 e. The first-order valence-electron chi connectivity index (χ1n) is 5.84. The SMILES string of the molecule is CC(=O)c1ccc(OCc2cccc(N)c2)cc1I. The standard InChI is InChI=1S/C15H14INO2/c1-10(18)14-6-5-13(8-15(14)16)19-9-11-3-2-4-12(17)7-11/h2-8H,9,17H2,1H3. The van der Waals surface area contributed by atoms with Crippen LogP contribution >= 0.6 is 22.6 Å². The van der Waals surface area contributed by atoms with Gasteiger partial charge in [0.15, 0.2) is 5.78 Å². The zero-order chi connectivity index (χ0) is 13.8. The fourth-order valence-electron chi connectivity index (χ4n) is 1.72. The number of nitrogens with two attached hydrogens (primary N) is 1. The van der Waals surface area contributed by atoms with Gasteiger partial charge in [0.05, 0.1) is 0 Å². The molecule has 0 aromatic heterocycles. The van der Waals surface area contributed by atoms with E-state index >= 15 is 0 Å². The van der Waals surface area contributed by atoms with Gasteiger partial charge in [-0.05, 0) is 65.4 Å². The molecule has 2 aromatic carbocycles. The molecule has 0 unspecified atom stereocenters. The molecular weight excluding hydrogens is 353 g/mol. The molecule has 0 aliphatic rings. The van der Waals surface area contributed by atoms with Crippen molar-refractivity contribution in [3.05, 3.63) is 57.2 Å². The van der Waals surface area contributed by atoms with E-state index in [9.17, 15) is 4.79 Å². The first-order chi connectivity index (χ1) is 9.06. The van der Waals surface area contributed by atoms with E-state index < -0.39 is 0 Å². The number of nitrogen functional groups attached to an aromatic ring is 1. The first-order valence-corrected chi connectivity index (χ1v) is 6.92. The summed E-state index contributed by atoms with van der Waals surface area (Å²) in [6, 6.07) is 13.1. The number of rotatable bonds is 4. The highest BCUT2D eigenvalue weighted by Crippen LogP contribution is 2.21. The van der Waals surface area contributed by atoms with Crippen molar-refractivity contribution in [3.63, 3.8) is 0 Å². The third kappa shape index (κ3) is 3.70. The van der Waals surface area contributed by atoms with Crippen molar-refractivity contribution in [1.82, 2.24) is 0 Å². The van der Waals surface area contributed by atoms with Crippen LogP contribution in [0, 0.1) is 3.57 Å². The van der Waals surface area contributed by atoms with Gasteiger partial charge < -0.3 is 10.5 Å². The molecule has 98 valence electrons. The molecular formula is C15H14INO2. The van der Waals surface area contributed by atoms with Crippen molar-refractivity contribution in [2.75, 3.05) is 5.73 Å². The Balaban J connectivity index is 2.08. The van der Waals surface area contributed by atoms with Gasteiger partial charge in [-0.15, -0.1) is 0 Å². The van der Waals surface area contributed by atoms with E-state index in [1.807, 2.05) is 36.4 Å². The highest BCUT2D eigenvalue weighted by molar-refractivity contribution is 14.1. The number of carbonyl (C=O) groups excluding carboxylic acids is 1. The van der Waals surface area contributed by atoms with Crippen molar-refractivity contribution in [1.29, 1.82) is 0 Å². The van der Waals surface area contributed by atoms with Crippen LogP contribution in [0.3, 0.4) is 0 Å². The molecule has 2 N–H and O–H groups in total. The van der Waals surface area contributed by atoms with Gasteiger partial charge in [0.2, 0.25) is 0 Å². The fourth-order valence-corrected chi connectivity index (χ4v) is 2.59. The Morgan fingerprint density at radius 1 is 1.26 bits per heavy atom. The van der Waals surface area contributed by atoms with Gasteiger partial charge in [-0.3, -0.25) is 4.79 Å². The van der Waals surface area contributed by atoms with E-state index in [2.05, 4.69) is 22.6 Å². The first kappa shape index (κ1) is 13.9. The number of benzene rings is 2. The van der Waals surface area contributed by atoms with Crippen molar-refractivity contribution < 1.29 is 9.53 Å². The number of ketones is 1. The average molecular weight is 367 g/mol. The van der Waals surface area contributed by atoms with Crippen molar-refractivity contribution in [2.24, 2.45) is 0 Å². The number of ether oxygens (including phenoxy) is 1. The molecule has 0 fully saturated rings. The zero-order valence-electron chi connectivity index (χ0n) is 10.5. The molecule has 0 aliphatic carbocycles. The minimum Gasteiger partial charge on any atom is -0.489 e. The maximum Gasteiger partial charge on any atom is 0.160 e. The molecule has 4 heteroatoms. The molecule has 0 aliphatic heterocycles. The van der Waals surface area contributed by atoms with E-state index in [0.717, 1.165) is 26.1 Å². The monoisotopic (exact) mass is 367 g/mol. The van der Waals surface area contributed by atoms with Crippen LogP contribution in [-0.2, 0) is 6.61 Å². The number of anilines is 1. The van der Waals surface area contributed by atoms with E-state index in [0.29, 0.717) is 6.61 Å². The smallest absolute Gasteiger partial charge is 0.160 e. The Morgan fingerprint density at radius 2 is 2.05 bits per heavy atom. The number of hydrogen-bond acceptors (Lipinski definition) is 3. The van der Waals surface area contributed by atoms with E-state index in [1.54, 1.807) is 13.0 Å². The summed E-state index contributed by atoms with van der Waals surface area (Å²) in [4.78, 5) is 11.3. The maximum absolute atomic E-state index is 11.3. The third-order valence-corrected chi connectivity index (χ3v) is 3.57. The number of carbonyl (C=O) groups is 1. The summed E-state index contributed by atoms with van der Waals surface area (Å²) in [5.41, 5.74) is 8.17. The third-order valence-electron chi connectivity index (χ3n) is 2.68. The number of hydrogen-bond donors (Lipinski definition) is 1. The summed E-state index contributed by atoms with van der Waals surface area (Å²) in [6.07, 6.45) is 0. The Morgan fingerprint density at radius 3 is 2.68 bits per heavy atom. The predicted molar refractivity (Wildman–Crippen MR) is 84.3 cm³/mol. The van der Waals surface area contributed by atoms with E-state index in [1.165, 1.54) is 0 Å². The topological polar surface area (TPSA) is 52.3 Å². The molecule has 0 atom stereocenters. The maximum atomic E-state index is 11.3. The lowest BCUT2D eigenvalue weighted by atomic mass is 10.1. The molecule has 0 spiro atoms. The summed E-state index contributed by atoms with van der Waals surface area (Å²) in [5, 5.41) is 0. The highest BCUT2D eigenvalue weighted by Gasteiger charge is 2.06. The Hall–Kier alpha value is -1.56. The van der Waals surface area contributed by atoms with Gasteiger partial charge in [0.1, 0.15) is 12.4 Å². The zero-order valence-corrected chi connectivity index (χ0v) is 12.7. The molecule has 3 nitrogen and oxygen atoms in total. The minimum atomic E-state index is 0.0618. The summed E-state index contributed by atoms with van der Waals surface area (Å²) in [7, 11) is 0. The Kier molecular flexibility index (Phi) is 4.42. The Bertz CT molecular complexity index is 611. The van der Waals surface area contributed by atoms with Gasteiger partial charge in [-0.1, -0.05) is 12.1 Å². The van der Waals surface area contributed by atoms with Crippen LogP contribution in [0.5, 0.6) is 5.75 Å². The van der Waals surface area contributed by atoms with E-state index in [4.69, 9.17) is 10.5 Å². The molecule has 0 saturated carbocycles. The van der Waals surface area contributed by atoms with Crippen LogP contribution in [0.25, 0.3) is 0 Å². The van der Waals surface area contributed by atoms with Crippen LogP contribution in [0.15, 0.2) is 42.5 Å². The number of Topliss-reactive ketones (excluding diaryl/α,β-unsaturated/α-hetero) is 1. The molecule has 0 amide bonds. The van der Waals surface area contributed by atoms with Gasteiger partial charge in [0, 0.05) is 14.8 Å². The predicted octanol–water partition coefficient (Wildman–Crippen LogP) is 3.66. The van der Waals surface area contributed by atoms with Gasteiger partial charge in [-0.25, -0.2) is 0 Å².